The summed E-state index contributed by atoms with van der Waals surface area (Å²) < 4.78 is 2.11. The summed E-state index contributed by atoms with van der Waals surface area (Å²) in [5, 5.41) is 11.4. The number of carboxylic acid groups (broad SMARTS) is 1. The van der Waals surface area contributed by atoms with Crippen molar-refractivity contribution in [3.05, 3.63) is 30.1 Å². The van der Waals surface area contributed by atoms with E-state index in [4.69, 9.17) is 5.11 Å². The van der Waals surface area contributed by atoms with Crippen LogP contribution in [0.5, 0.6) is 0 Å². The minimum absolute atomic E-state index is 0.0293. The first-order valence-electron chi connectivity index (χ1n) is 5.96. The van der Waals surface area contributed by atoms with E-state index in [0.717, 1.165) is 16.6 Å². The Morgan fingerprint density at radius 1 is 1.50 bits per heavy atom. The van der Waals surface area contributed by atoms with Crippen LogP contribution in [0.1, 0.15) is 25.5 Å². The van der Waals surface area contributed by atoms with Crippen molar-refractivity contribution in [3.63, 3.8) is 0 Å². The van der Waals surface area contributed by atoms with Crippen molar-refractivity contribution in [3.8, 4) is 0 Å². The second kappa shape index (κ2) is 5.18. The van der Waals surface area contributed by atoms with Gasteiger partial charge in [0.1, 0.15) is 0 Å². The van der Waals surface area contributed by atoms with Gasteiger partial charge in [0.15, 0.2) is 0 Å². The number of carbonyl (C=O) groups is 1. The molecule has 2 rings (SSSR count). The van der Waals surface area contributed by atoms with Crippen molar-refractivity contribution in [1.82, 2.24) is 14.9 Å². The van der Waals surface area contributed by atoms with E-state index in [9.17, 15) is 4.79 Å². The second-order valence-corrected chi connectivity index (χ2v) is 4.57. The minimum atomic E-state index is -0.847. The molecule has 0 atom stereocenters. The number of carboxylic acids is 1. The number of hydrogen-bond donors (Lipinski definition) is 2. The summed E-state index contributed by atoms with van der Waals surface area (Å²) in [7, 11) is 0. The number of nitrogens with zero attached hydrogens (tertiary/aromatic N) is 2. The predicted molar refractivity (Wildman–Crippen MR) is 69.5 cm³/mol. The van der Waals surface area contributed by atoms with Gasteiger partial charge in [-0.05, 0) is 31.5 Å². The smallest absolute Gasteiger partial charge is 0.317 e. The fraction of sp³-hybridized carbons (Fsp3) is 0.385. The van der Waals surface area contributed by atoms with E-state index >= 15 is 0 Å². The number of aliphatic carboxylic acids is 1. The average molecular weight is 247 g/mol. The van der Waals surface area contributed by atoms with Crippen LogP contribution in [0.3, 0.4) is 0 Å². The van der Waals surface area contributed by atoms with Crippen molar-refractivity contribution in [2.45, 2.75) is 26.4 Å². The van der Waals surface area contributed by atoms with Gasteiger partial charge in [0.2, 0.25) is 0 Å². The van der Waals surface area contributed by atoms with Crippen molar-refractivity contribution in [1.29, 1.82) is 0 Å². The summed E-state index contributed by atoms with van der Waals surface area (Å²) in [6.07, 6.45) is 1.84. The van der Waals surface area contributed by atoms with Crippen molar-refractivity contribution >= 4 is 17.0 Å². The maximum absolute atomic E-state index is 10.4. The SMILES string of the molecule is CC(C)n1cnc2cc(CNCC(=O)O)ccc21. The summed E-state index contributed by atoms with van der Waals surface area (Å²) >= 11 is 0. The first kappa shape index (κ1) is 12.6. The molecule has 5 heteroatoms. The van der Waals surface area contributed by atoms with Crippen LogP contribution in [0, 0.1) is 0 Å². The normalized spacial score (nSPS) is 11.3. The van der Waals surface area contributed by atoms with Gasteiger partial charge in [-0.1, -0.05) is 6.07 Å². The summed E-state index contributed by atoms with van der Waals surface area (Å²) in [6, 6.07) is 6.40. The van der Waals surface area contributed by atoms with E-state index < -0.39 is 5.97 Å². The van der Waals surface area contributed by atoms with Crippen LogP contribution in [-0.2, 0) is 11.3 Å². The van der Waals surface area contributed by atoms with E-state index in [0.29, 0.717) is 12.6 Å². The Kier molecular flexibility index (Phi) is 3.62. The Morgan fingerprint density at radius 3 is 2.94 bits per heavy atom. The number of hydrogen-bond acceptors (Lipinski definition) is 3. The maximum atomic E-state index is 10.4. The maximum Gasteiger partial charge on any atom is 0.317 e. The third kappa shape index (κ3) is 2.68. The monoisotopic (exact) mass is 247 g/mol. The second-order valence-electron chi connectivity index (χ2n) is 4.57. The zero-order chi connectivity index (χ0) is 13.1. The molecular weight excluding hydrogens is 230 g/mol. The van der Waals surface area contributed by atoms with E-state index in [-0.39, 0.29) is 6.54 Å². The molecule has 0 aliphatic carbocycles. The van der Waals surface area contributed by atoms with Gasteiger partial charge in [-0.3, -0.25) is 4.79 Å². The lowest BCUT2D eigenvalue weighted by Crippen LogP contribution is -2.21. The first-order valence-corrected chi connectivity index (χ1v) is 5.96. The number of rotatable bonds is 5. The molecule has 0 spiro atoms. The van der Waals surface area contributed by atoms with Crippen LogP contribution < -0.4 is 5.32 Å². The molecule has 0 saturated heterocycles. The topological polar surface area (TPSA) is 67.2 Å². The standard InChI is InChI=1S/C13H17N3O2/c1-9(2)16-8-15-11-5-10(3-4-12(11)16)6-14-7-13(17)18/h3-5,8-9,14H,6-7H2,1-2H3,(H,17,18). The summed E-state index contributed by atoms with van der Waals surface area (Å²) in [6.45, 7) is 4.74. The highest BCUT2D eigenvalue weighted by atomic mass is 16.4. The zero-order valence-electron chi connectivity index (χ0n) is 10.6. The lowest BCUT2D eigenvalue weighted by atomic mass is 10.2. The molecule has 0 amide bonds. The molecular formula is C13H17N3O2. The highest BCUT2D eigenvalue weighted by Crippen LogP contribution is 2.18. The van der Waals surface area contributed by atoms with Crippen LogP contribution in [0.25, 0.3) is 11.0 Å². The van der Waals surface area contributed by atoms with Crippen molar-refractivity contribution in [2.24, 2.45) is 0 Å². The summed E-state index contributed by atoms with van der Waals surface area (Å²) in [5.41, 5.74) is 3.09. The Bertz CT molecular complexity index is 560. The fourth-order valence-corrected chi connectivity index (χ4v) is 1.91. The van der Waals surface area contributed by atoms with Gasteiger partial charge >= 0.3 is 5.97 Å². The highest BCUT2D eigenvalue weighted by Gasteiger charge is 2.06. The molecule has 1 aromatic carbocycles. The predicted octanol–water partition coefficient (Wildman–Crippen LogP) is 1.79. The number of imidazole rings is 1. The number of fused-ring (bicyclic) bond motifs is 1. The molecule has 18 heavy (non-hydrogen) atoms. The van der Waals surface area contributed by atoms with E-state index in [1.807, 2.05) is 24.5 Å². The van der Waals surface area contributed by atoms with Gasteiger partial charge in [-0.2, -0.15) is 0 Å². The van der Waals surface area contributed by atoms with Gasteiger partial charge in [0.25, 0.3) is 0 Å². The number of benzene rings is 1. The third-order valence-corrected chi connectivity index (χ3v) is 2.80. The quantitative estimate of drug-likeness (QED) is 0.845. The van der Waals surface area contributed by atoms with Crippen LogP contribution in [0.2, 0.25) is 0 Å². The van der Waals surface area contributed by atoms with Crippen molar-refractivity contribution < 1.29 is 9.90 Å². The van der Waals surface area contributed by atoms with Crippen molar-refractivity contribution in [2.75, 3.05) is 6.54 Å². The van der Waals surface area contributed by atoms with Gasteiger partial charge in [0.05, 0.1) is 23.9 Å². The molecule has 2 aromatic rings. The third-order valence-electron chi connectivity index (χ3n) is 2.80. The zero-order valence-corrected chi connectivity index (χ0v) is 10.6. The summed E-state index contributed by atoms with van der Waals surface area (Å²) in [4.78, 5) is 14.8. The molecule has 1 heterocycles. The number of nitrogens with one attached hydrogen (secondary N) is 1. The van der Waals surface area contributed by atoms with Crippen LogP contribution >= 0.6 is 0 Å². The van der Waals surface area contributed by atoms with Crippen LogP contribution in [0.15, 0.2) is 24.5 Å². The van der Waals surface area contributed by atoms with E-state index in [1.165, 1.54) is 0 Å². The molecule has 0 aliphatic heterocycles. The Hall–Kier alpha value is -1.88. The lowest BCUT2D eigenvalue weighted by molar-refractivity contribution is -0.135. The molecule has 0 unspecified atom stereocenters. The molecule has 5 nitrogen and oxygen atoms in total. The van der Waals surface area contributed by atoms with E-state index in [2.05, 4.69) is 28.7 Å². The van der Waals surface area contributed by atoms with Gasteiger partial charge in [0, 0.05) is 12.6 Å². The number of aromatic nitrogens is 2. The Morgan fingerprint density at radius 2 is 2.28 bits per heavy atom. The Balaban J connectivity index is 2.16. The first-order chi connectivity index (χ1) is 8.58. The highest BCUT2D eigenvalue weighted by molar-refractivity contribution is 5.76. The van der Waals surface area contributed by atoms with Crippen LogP contribution in [0.4, 0.5) is 0 Å². The molecule has 0 saturated carbocycles. The molecule has 0 fully saturated rings. The largest absolute Gasteiger partial charge is 0.480 e. The lowest BCUT2D eigenvalue weighted by Gasteiger charge is -2.08. The molecule has 0 bridgehead atoms. The molecule has 0 aliphatic rings. The molecule has 2 N–H and O–H groups in total. The molecule has 1 aromatic heterocycles. The Labute approximate surface area is 105 Å². The van der Waals surface area contributed by atoms with Gasteiger partial charge in [-0.25, -0.2) is 4.98 Å². The van der Waals surface area contributed by atoms with Gasteiger partial charge < -0.3 is 15.0 Å². The van der Waals surface area contributed by atoms with Gasteiger partial charge in [-0.15, -0.1) is 0 Å². The fourth-order valence-electron chi connectivity index (χ4n) is 1.91. The molecule has 96 valence electrons. The minimum Gasteiger partial charge on any atom is -0.480 e. The van der Waals surface area contributed by atoms with E-state index in [1.54, 1.807) is 0 Å². The van der Waals surface area contributed by atoms with Crippen LogP contribution in [-0.4, -0.2) is 27.2 Å². The molecule has 0 radical (unpaired) electrons. The average Bonchev–Trinajstić information content (AvgIpc) is 2.71. The summed E-state index contributed by atoms with van der Waals surface area (Å²) in [5.74, 6) is -0.847.